The second-order valence-electron chi connectivity index (χ2n) is 1.82. The van der Waals surface area contributed by atoms with Crippen molar-refractivity contribution in [2.24, 2.45) is 0 Å². The third-order valence-corrected chi connectivity index (χ3v) is 1.06. The second kappa shape index (κ2) is 3.49. The van der Waals surface area contributed by atoms with E-state index < -0.39 is 17.8 Å². The molecule has 62 valence electrons. The van der Waals surface area contributed by atoms with Gasteiger partial charge < -0.3 is 4.90 Å². The molecule has 0 bridgehead atoms. The highest BCUT2D eigenvalue weighted by atomic mass is 35.5. The molecule has 0 N–H and O–H groups in total. The lowest BCUT2D eigenvalue weighted by Crippen LogP contribution is -2.37. The molecule has 6 heteroatoms. The van der Waals surface area contributed by atoms with Crippen molar-refractivity contribution in [3.63, 3.8) is 0 Å². The van der Waals surface area contributed by atoms with Crippen LogP contribution in [0.4, 0.5) is 8.78 Å². The summed E-state index contributed by atoms with van der Waals surface area (Å²) in [7, 11) is 1.07. The van der Waals surface area contributed by atoms with Crippen LogP contribution in [0.5, 0.6) is 0 Å². The molecule has 0 aliphatic carbocycles. The fraction of sp³-hybridized carbons (Fsp3) is 0.600. The van der Waals surface area contributed by atoms with Crippen LogP contribution in [0.3, 0.4) is 0 Å². The molecule has 3 nitrogen and oxygen atoms in total. The van der Waals surface area contributed by atoms with Gasteiger partial charge in [0.2, 0.25) is 0 Å². The first-order valence-corrected chi connectivity index (χ1v) is 2.96. The molecule has 1 amide bonds. The van der Waals surface area contributed by atoms with Crippen LogP contribution in [0.15, 0.2) is 0 Å². The molecular weight excluding hydrogens is 178 g/mol. The number of hydrogen-bond acceptors (Lipinski definition) is 2. The van der Waals surface area contributed by atoms with Crippen molar-refractivity contribution in [3.05, 3.63) is 0 Å². The van der Waals surface area contributed by atoms with Gasteiger partial charge in [0.15, 0.2) is 0 Å². The van der Waals surface area contributed by atoms with E-state index in [1.54, 1.807) is 0 Å². The third-order valence-electron chi connectivity index (χ3n) is 0.897. The summed E-state index contributed by atoms with van der Waals surface area (Å²) in [5.74, 6) is -1.57. The van der Waals surface area contributed by atoms with E-state index in [9.17, 15) is 13.6 Å². The standard InChI is InChI=1S/C5H5ClF2N2O/c1-10(3-2-9)4(11)5(6,7)8/h3H2,1H3. The fourth-order valence-corrected chi connectivity index (χ4v) is 0.539. The van der Waals surface area contributed by atoms with E-state index in [2.05, 4.69) is 11.6 Å². The average molecular weight is 183 g/mol. The second-order valence-corrected chi connectivity index (χ2v) is 2.29. The summed E-state index contributed by atoms with van der Waals surface area (Å²) < 4.78 is 23.9. The number of halogens is 3. The van der Waals surface area contributed by atoms with Gasteiger partial charge in [0.05, 0.1) is 6.07 Å². The quantitative estimate of drug-likeness (QED) is 0.468. The normalized spacial score (nSPS) is 10.5. The summed E-state index contributed by atoms with van der Waals surface area (Å²) in [5, 5.41) is 4.11. The van der Waals surface area contributed by atoms with Crippen LogP contribution in [0.1, 0.15) is 0 Å². The van der Waals surface area contributed by atoms with Gasteiger partial charge in [-0.3, -0.25) is 4.79 Å². The van der Waals surface area contributed by atoms with E-state index in [0.717, 1.165) is 7.05 Å². The van der Waals surface area contributed by atoms with E-state index in [4.69, 9.17) is 5.26 Å². The number of carbonyl (C=O) groups is 1. The molecule has 0 fully saturated rings. The average Bonchev–Trinajstić information content (AvgIpc) is 1.85. The summed E-state index contributed by atoms with van der Waals surface area (Å²) in [4.78, 5) is 11.0. The highest BCUT2D eigenvalue weighted by Gasteiger charge is 2.38. The topological polar surface area (TPSA) is 44.1 Å². The lowest BCUT2D eigenvalue weighted by atomic mass is 10.5. The van der Waals surface area contributed by atoms with E-state index in [1.807, 2.05) is 0 Å². The van der Waals surface area contributed by atoms with Crippen molar-refractivity contribution < 1.29 is 13.6 Å². The Hall–Kier alpha value is -0.890. The molecule has 0 aromatic carbocycles. The van der Waals surface area contributed by atoms with Gasteiger partial charge in [-0.15, -0.1) is 0 Å². The summed E-state index contributed by atoms with van der Waals surface area (Å²) in [5.41, 5.74) is 0. The fourth-order valence-electron chi connectivity index (χ4n) is 0.394. The molecule has 0 spiro atoms. The number of amides is 1. The van der Waals surface area contributed by atoms with Gasteiger partial charge in [-0.1, -0.05) is 0 Å². The number of rotatable bonds is 2. The number of nitriles is 1. The van der Waals surface area contributed by atoms with Crippen LogP contribution in [0.25, 0.3) is 0 Å². The first-order chi connectivity index (χ1) is 4.89. The largest absolute Gasteiger partial charge is 0.399 e. The molecular formula is C5H5ClF2N2O. The van der Waals surface area contributed by atoms with Crippen molar-refractivity contribution in [1.29, 1.82) is 5.26 Å². The molecule has 0 aliphatic heterocycles. The summed E-state index contributed by atoms with van der Waals surface area (Å²) in [6.45, 7) is -0.402. The van der Waals surface area contributed by atoms with Crippen molar-refractivity contribution in [2.45, 2.75) is 5.38 Å². The molecule has 0 aromatic heterocycles. The highest BCUT2D eigenvalue weighted by Crippen LogP contribution is 2.20. The molecule has 11 heavy (non-hydrogen) atoms. The summed E-state index contributed by atoms with van der Waals surface area (Å²) in [6.07, 6.45) is 0. The van der Waals surface area contributed by atoms with Crippen LogP contribution in [-0.4, -0.2) is 29.8 Å². The molecule has 0 radical (unpaired) electrons. The van der Waals surface area contributed by atoms with Crippen LogP contribution in [0.2, 0.25) is 0 Å². The zero-order valence-corrected chi connectivity index (χ0v) is 6.40. The van der Waals surface area contributed by atoms with Crippen LogP contribution in [-0.2, 0) is 4.79 Å². The Labute approximate surface area is 67.1 Å². The summed E-state index contributed by atoms with van der Waals surface area (Å²) in [6, 6.07) is 1.53. The summed E-state index contributed by atoms with van der Waals surface area (Å²) >= 11 is 4.38. The predicted molar refractivity (Wildman–Crippen MR) is 34.0 cm³/mol. The zero-order valence-electron chi connectivity index (χ0n) is 5.64. The van der Waals surface area contributed by atoms with Crippen molar-refractivity contribution >= 4 is 17.5 Å². The minimum absolute atomic E-state index is 0.402. The monoisotopic (exact) mass is 182 g/mol. The smallest absolute Gasteiger partial charge is 0.326 e. The molecule has 0 rings (SSSR count). The van der Waals surface area contributed by atoms with E-state index in [1.165, 1.54) is 6.07 Å². The van der Waals surface area contributed by atoms with Crippen molar-refractivity contribution in [1.82, 2.24) is 4.90 Å². The molecule has 0 saturated heterocycles. The Kier molecular flexibility index (Phi) is 3.20. The van der Waals surface area contributed by atoms with Crippen LogP contribution >= 0.6 is 11.6 Å². The van der Waals surface area contributed by atoms with Crippen molar-refractivity contribution in [3.8, 4) is 6.07 Å². The maximum atomic E-state index is 12.0. The lowest BCUT2D eigenvalue weighted by Gasteiger charge is -2.15. The number of nitrogens with zero attached hydrogens (tertiary/aromatic N) is 2. The predicted octanol–water partition coefficient (Wildman–Crippen LogP) is 0.800. The number of hydrogen-bond donors (Lipinski definition) is 0. The van der Waals surface area contributed by atoms with E-state index in [0.29, 0.717) is 4.90 Å². The van der Waals surface area contributed by atoms with E-state index in [-0.39, 0.29) is 0 Å². The van der Waals surface area contributed by atoms with Gasteiger partial charge >= 0.3 is 11.3 Å². The number of alkyl halides is 3. The molecule has 0 aromatic rings. The first kappa shape index (κ1) is 10.1. The SMILES string of the molecule is CN(CC#N)C(=O)C(F)(F)Cl. The van der Waals surface area contributed by atoms with Crippen LogP contribution < -0.4 is 0 Å². The lowest BCUT2D eigenvalue weighted by molar-refractivity contribution is -0.145. The Morgan fingerprint density at radius 1 is 1.82 bits per heavy atom. The minimum atomic E-state index is -3.91. The minimum Gasteiger partial charge on any atom is -0.326 e. The molecule has 0 unspecified atom stereocenters. The Balaban J connectivity index is 4.17. The van der Waals surface area contributed by atoms with Gasteiger partial charge in [-0.25, -0.2) is 0 Å². The zero-order chi connectivity index (χ0) is 9.07. The van der Waals surface area contributed by atoms with Gasteiger partial charge in [0.1, 0.15) is 6.54 Å². The van der Waals surface area contributed by atoms with Crippen LogP contribution in [0, 0.1) is 11.3 Å². The van der Waals surface area contributed by atoms with Gasteiger partial charge in [0, 0.05) is 7.05 Å². The number of carbonyl (C=O) groups excluding carboxylic acids is 1. The van der Waals surface area contributed by atoms with Crippen molar-refractivity contribution in [2.75, 3.05) is 13.6 Å². The first-order valence-electron chi connectivity index (χ1n) is 2.59. The third kappa shape index (κ3) is 3.14. The Bertz CT molecular complexity index is 196. The van der Waals surface area contributed by atoms with Gasteiger partial charge in [-0.05, 0) is 11.6 Å². The highest BCUT2D eigenvalue weighted by molar-refractivity contribution is 6.32. The van der Waals surface area contributed by atoms with E-state index >= 15 is 0 Å². The molecule has 0 saturated carbocycles. The molecule has 0 aliphatic rings. The Morgan fingerprint density at radius 2 is 2.27 bits per heavy atom. The maximum Gasteiger partial charge on any atom is 0.399 e. The maximum absolute atomic E-state index is 12.0. The van der Waals surface area contributed by atoms with Gasteiger partial charge in [0.25, 0.3) is 0 Å². The molecule has 0 heterocycles. The Morgan fingerprint density at radius 3 is 2.55 bits per heavy atom. The van der Waals surface area contributed by atoms with Gasteiger partial charge in [-0.2, -0.15) is 14.0 Å². The molecule has 0 atom stereocenters.